The van der Waals surface area contributed by atoms with Crippen LogP contribution in [0.1, 0.15) is 38.1 Å². The molecule has 216 valence electrons. The van der Waals surface area contributed by atoms with E-state index in [1.165, 1.54) is 18.9 Å². The van der Waals surface area contributed by atoms with Crippen LogP contribution in [0.15, 0.2) is 36.2 Å². The van der Waals surface area contributed by atoms with E-state index in [-0.39, 0.29) is 43.4 Å². The first-order valence-electron chi connectivity index (χ1n) is 12.0. The fourth-order valence-electron chi connectivity index (χ4n) is 4.46. The molecule has 0 bridgehead atoms. The summed E-state index contributed by atoms with van der Waals surface area (Å²) < 4.78 is 24.7. The van der Waals surface area contributed by atoms with E-state index >= 15 is 0 Å². The molecule has 4 aromatic rings. The number of hydrogen-bond acceptors (Lipinski definition) is 13. The van der Waals surface area contributed by atoms with Crippen molar-refractivity contribution in [3.63, 3.8) is 0 Å². The maximum atomic E-state index is 11.6. The number of rotatable bonds is 8. The molecule has 0 aromatic carbocycles. The second-order valence-electron chi connectivity index (χ2n) is 8.88. The maximum absolute atomic E-state index is 11.6. The molecule has 6 heterocycles. The number of aromatic nitrogens is 8. The second-order valence-corrected chi connectivity index (χ2v) is 12.3. The van der Waals surface area contributed by atoms with Crippen molar-refractivity contribution in [3.8, 4) is 0 Å². The molecular weight excluding hydrogens is 590 g/mol. The van der Waals surface area contributed by atoms with Crippen molar-refractivity contribution in [2.24, 2.45) is 0 Å². The highest BCUT2D eigenvalue weighted by Gasteiger charge is 2.30. The fourth-order valence-corrected chi connectivity index (χ4v) is 5.30. The van der Waals surface area contributed by atoms with Crippen molar-refractivity contribution >= 4 is 49.3 Å². The maximum Gasteiger partial charge on any atom is 0.327 e. The van der Waals surface area contributed by atoms with Gasteiger partial charge in [0.05, 0.1) is 56.0 Å². The van der Waals surface area contributed by atoms with E-state index in [0.29, 0.717) is 23.9 Å². The molecule has 2 aliphatic heterocycles. The highest BCUT2D eigenvalue weighted by Crippen LogP contribution is 2.39. The van der Waals surface area contributed by atoms with Gasteiger partial charge in [-0.3, -0.25) is 9.36 Å². The van der Waals surface area contributed by atoms with Crippen LogP contribution in [0, 0.1) is 0 Å². The summed E-state index contributed by atoms with van der Waals surface area (Å²) in [7, 11) is -2.32. The number of nitrogens with one attached hydrogen (secondary N) is 1. The normalized spacial score (nSPS) is 23.2. The third kappa shape index (κ3) is 7.10. The van der Waals surface area contributed by atoms with Crippen LogP contribution >= 0.6 is 15.3 Å². The molecule has 4 unspecified atom stereocenters. The predicted octanol–water partition coefficient (Wildman–Crippen LogP) is 0.755. The van der Waals surface area contributed by atoms with Crippen molar-refractivity contribution < 1.29 is 38.1 Å². The molecule has 0 amide bonds. The topological polar surface area (TPSA) is 225 Å². The standard InChI is InChI=1S/C10H13N4O5PS.C10H13N4O4P/c15-10-9-7(3-12-13-10)14(5-11-9)8-2-1-6(19-8)4-18-20(16,17)21;15-19(16)17-4-7-1-2-9(18-7)14-6-13-8-3-11-5-12-10(8)14/h3,5-6,8H,1-2,4H2,(H,13,15)(H2,16,17,21);3,5-7,9,15-16H,1-2,4H2. The zero-order chi connectivity index (χ0) is 28.3. The van der Waals surface area contributed by atoms with Crippen LogP contribution in [-0.4, -0.2) is 84.3 Å². The van der Waals surface area contributed by atoms with Crippen molar-refractivity contribution in [1.29, 1.82) is 0 Å². The Hall–Kier alpha value is -2.34. The monoisotopic (exact) mass is 616 g/mol. The van der Waals surface area contributed by atoms with E-state index in [1.54, 1.807) is 17.1 Å². The van der Waals surface area contributed by atoms with Gasteiger partial charge in [0.2, 0.25) is 0 Å². The third-order valence-corrected chi connectivity index (χ3v) is 7.42. The molecule has 20 heteroatoms. The lowest BCUT2D eigenvalue weighted by Gasteiger charge is -2.16. The molecule has 17 nitrogen and oxygen atoms in total. The fraction of sp³-hybridized carbons (Fsp3) is 0.500. The third-order valence-electron chi connectivity index (χ3n) is 6.23. The summed E-state index contributed by atoms with van der Waals surface area (Å²) in [4.78, 5) is 63.4. The van der Waals surface area contributed by atoms with Gasteiger partial charge in [0.15, 0.2) is 11.2 Å². The Balaban J connectivity index is 0.000000162. The summed E-state index contributed by atoms with van der Waals surface area (Å²) in [6.45, 7) is -3.47. The molecule has 4 atom stereocenters. The average Bonchev–Trinajstić information content (AvgIpc) is 3.72. The molecule has 2 fully saturated rings. The zero-order valence-electron chi connectivity index (χ0n) is 20.7. The number of ether oxygens (including phenoxy) is 2. The van der Waals surface area contributed by atoms with Gasteiger partial charge in [-0.15, -0.1) is 0 Å². The van der Waals surface area contributed by atoms with Crippen LogP contribution in [0.5, 0.6) is 0 Å². The summed E-state index contributed by atoms with van der Waals surface area (Å²) in [6, 6.07) is 0. The summed E-state index contributed by atoms with van der Waals surface area (Å²) >= 11 is 4.39. The molecule has 0 radical (unpaired) electrons. The van der Waals surface area contributed by atoms with Crippen LogP contribution in [0.25, 0.3) is 22.2 Å². The highest BCUT2D eigenvalue weighted by molar-refractivity contribution is 8.06. The van der Waals surface area contributed by atoms with Crippen molar-refractivity contribution in [3.05, 3.63) is 41.7 Å². The van der Waals surface area contributed by atoms with Crippen LogP contribution < -0.4 is 5.56 Å². The first kappa shape index (κ1) is 29.2. The van der Waals surface area contributed by atoms with E-state index in [1.807, 2.05) is 4.57 Å². The van der Waals surface area contributed by atoms with E-state index in [2.05, 4.69) is 41.9 Å². The summed E-state index contributed by atoms with van der Waals surface area (Å²) in [5, 5.41) is 6.07. The molecule has 0 saturated carbocycles. The van der Waals surface area contributed by atoms with Gasteiger partial charge in [-0.25, -0.2) is 25.0 Å². The van der Waals surface area contributed by atoms with Gasteiger partial charge in [0, 0.05) is 0 Å². The van der Waals surface area contributed by atoms with Gasteiger partial charge < -0.3 is 42.7 Å². The smallest absolute Gasteiger partial charge is 0.327 e. The summed E-state index contributed by atoms with van der Waals surface area (Å²) in [5.74, 6) is 0. The van der Waals surface area contributed by atoms with E-state index in [9.17, 15) is 4.79 Å². The van der Waals surface area contributed by atoms with Gasteiger partial charge in [0.1, 0.15) is 24.3 Å². The Bertz CT molecular complexity index is 1540. The molecule has 0 spiro atoms. The van der Waals surface area contributed by atoms with Crippen molar-refractivity contribution in [2.45, 2.75) is 50.3 Å². The molecule has 5 N–H and O–H groups in total. The van der Waals surface area contributed by atoms with Crippen LogP contribution in [-0.2, 0) is 30.3 Å². The number of nitrogens with zero attached hydrogens (tertiary/aromatic N) is 7. The Morgan fingerprint density at radius 3 is 2.45 bits per heavy atom. The number of aromatic amines is 1. The minimum atomic E-state index is -3.66. The number of imidazole rings is 2. The molecule has 6 rings (SSSR count). The van der Waals surface area contributed by atoms with Gasteiger partial charge in [-0.05, 0) is 37.5 Å². The Kier molecular flexibility index (Phi) is 9.24. The quantitative estimate of drug-likeness (QED) is 0.172. The number of H-pyrrole nitrogens is 1. The molecule has 4 aromatic heterocycles. The average molecular weight is 616 g/mol. The van der Waals surface area contributed by atoms with Crippen molar-refractivity contribution in [1.82, 2.24) is 39.3 Å². The lowest BCUT2D eigenvalue weighted by atomic mass is 10.2. The first-order valence-corrected chi connectivity index (χ1v) is 15.8. The molecule has 0 aliphatic carbocycles. The molecule has 2 saturated heterocycles. The zero-order valence-corrected chi connectivity index (χ0v) is 23.3. The summed E-state index contributed by atoms with van der Waals surface area (Å²) in [5.41, 5.74) is 1.98. The minimum absolute atomic E-state index is 0.0201. The van der Waals surface area contributed by atoms with E-state index in [0.717, 1.165) is 24.0 Å². The van der Waals surface area contributed by atoms with Gasteiger partial charge in [-0.1, -0.05) is 0 Å². The van der Waals surface area contributed by atoms with E-state index < -0.39 is 15.3 Å². The van der Waals surface area contributed by atoms with Gasteiger partial charge in [-0.2, -0.15) is 5.10 Å². The van der Waals surface area contributed by atoms with Gasteiger partial charge in [0.25, 0.3) is 5.56 Å². The predicted molar refractivity (Wildman–Crippen MR) is 142 cm³/mol. The second kappa shape index (κ2) is 12.7. The number of fused-ring (bicyclic) bond motifs is 2. The van der Waals surface area contributed by atoms with Gasteiger partial charge >= 0.3 is 15.3 Å². The lowest BCUT2D eigenvalue weighted by molar-refractivity contribution is -0.0176. The first-order chi connectivity index (χ1) is 19.2. The molecule has 40 heavy (non-hydrogen) atoms. The van der Waals surface area contributed by atoms with E-state index in [4.69, 9.17) is 38.1 Å². The van der Waals surface area contributed by atoms with Crippen LogP contribution in [0.2, 0.25) is 0 Å². The Morgan fingerprint density at radius 1 is 1.02 bits per heavy atom. The SMILES string of the molecule is O=c1[nH]ncc2c1ncn2C1CCC(COP(O)(O)=S)O1.OP(O)OCC1CCC(n2cnc3cncnc32)O1. The lowest BCUT2D eigenvalue weighted by Crippen LogP contribution is -2.16. The van der Waals surface area contributed by atoms with Crippen LogP contribution in [0.3, 0.4) is 0 Å². The van der Waals surface area contributed by atoms with Crippen LogP contribution in [0.4, 0.5) is 0 Å². The highest BCUT2D eigenvalue weighted by atomic mass is 32.5. The van der Waals surface area contributed by atoms with Crippen molar-refractivity contribution in [2.75, 3.05) is 13.2 Å². The minimum Gasteiger partial charge on any atom is -0.352 e. The largest absolute Gasteiger partial charge is 0.352 e. The Labute approximate surface area is 232 Å². The molecule has 2 aliphatic rings. The number of hydrogen-bond donors (Lipinski definition) is 5. The Morgan fingerprint density at radius 2 is 1.73 bits per heavy atom. The summed E-state index contributed by atoms with van der Waals surface area (Å²) in [6.07, 6.45) is 9.91. The molecular formula is C20H26N8O9P2S.